The average molecular weight is 455 g/mol. The number of amides is 1. The largest absolute Gasteiger partial charge is 0.416 e. The van der Waals surface area contributed by atoms with E-state index in [4.69, 9.17) is 23.2 Å². The zero-order chi connectivity index (χ0) is 21.3. The average Bonchev–Trinajstić information content (AvgIpc) is 2.62. The highest BCUT2D eigenvalue weighted by molar-refractivity contribution is 7.89. The summed E-state index contributed by atoms with van der Waals surface area (Å²) in [5.41, 5.74) is -0.898. The molecule has 5 nitrogen and oxygen atoms in total. The lowest BCUT2D eigenvalue weighted by atomic mass is 10.1. The first kappa shape index (κ1) is 22.5. The fourth-order valence-electron chi connectivity index (χ4n) is 2.48. The number of carbonyl (C=O) groups excluding carboxylic acids is 1. The predicted octanol–water partition coefficient (Wildman–Crippen LogP) is 4.12. The van der Waals surface area contributed by atoms with Gasteiger partial charge in [0.2, 0.25) is 15.9 Å². The number of hydrogen-bond acceptors (Lipinski definition) is 3. The first-order valence-electron chi connectivity index (χ1n) is 7.71. The van der Waals surface area contributed by atoms with Gasteiger partial charge in [0, 0.05) is 19.1 Å². The Morgan fingerprint density at radius 3 is 2.18 bits per heavy atom. The van der Waals surface area contributed by atoms with E-state index in [0.717, 1.165) is 13.1 Å². The summed E-state index contributed by atoms with van der Waals surface area (Å²) in [7, 11) is -2.17. The lowest BCUT2D eigenvalue weighted by molar-refractivity contribution is -0.137. The topological polar surface area (TPSA) is 66.5 Å². The summed E-state index contributed by atoms with van der Waals surface area (Å²) in [6, 6.07) is 6.44. The molecular formula is C17H15Cl2F3N2O3S. The molecule has 0 saturated heterocycles. The third-order valence-electron chi connectivity index (χ3n) is 3.96. The summed E-state index contributed by atoms with van der Waals surface area (Å²) in [4.78, 5) is 11.6. The standard InChI is InChI=1S/C17H15Cl2F3N2O3S/c1-23-16(25)15(10-3-6-12(18)7-4-10)24(2)28(26,27)14-9-11(17(20,21)22)5-8-13(14)19/h3-9,15H,1-2H3,(H,23,25)/t15-/m0/s1. The van der Waals surface area contributed by atoms with Crippen molar-refractivity contribution in [3.8, 4) is 0 Å². The van der Waals surface area contributed by atoms with Gasteiger partial charge in [-0.05, 0) is 35.9 Å². The van der Waals surface area contributed by atoms with Gasteiger partial charge in [0.25, 0.3) is 0 Å². The lowest BCUT2D eigenvalue weighted by Crippen LogP contribution is -2.40. The Balaban J connectivity index is 2.59. The Hall–Kier alpha value is -1.81. The minimum Gasteiger partial charge on any atom is -0.357 e. The van der Waals surface area contributed by atoms with Crippen molar-refractivity contribution in [1.82, 2.24) is 9.62 Å². The van der Waals surface area contributed by atoms with Gasteiger partial charge in [-0.2, -0.15) is 17.5 Å². The van der Waals surface area contributed by atoms with Gasteiger partial charge < -0.3 is 5.32 Å². The van der Waals surface area contributed by atoms with E-state index < -0.39 is 43.6 Å². The number of sulfonamides is 1. The number of halogens is 5. The quantitative estimate of drug-likeness (QED) is 0.738. The fourth-order valence-corrected chi connectivity index (χ4v) is 4.41. The highest BCUT2D eigenvalue weighted by atomic mass is 35.5. The molecule has 2 aromatic rings. The third-order valence-corrected chi connectivity index (χ3v) is 6.52. The molecule has 0 spiro atoms. The highest BCUT2D eigenvalue weighted by Gasteiger charge is 2.37. The number of rotatable bonds is 5. The molecule has 0 radical (unpaired) electrons. The molecule has 0 aliphatic rings. The molecule has 0 aliphatic carbocycles. The Kier molecular flexibility index (Phi) is 6.65. The van der Waals surface area contributed by atoms with Crippen LogP contribution < -0.4 is 5.32 Å². The summed E-state index contributed by atoms with van der Waals surface area (Å²) in [6.45, 7) is 0. The summed E-state index contributed by atoms with van der Waals surface area (Å²) in [5.74, 6) is -0.684. The van der Waals surface area contributed by atoms with Crippen LogP contribution in [0.25, 0.3) is 0 Å². The van der Waals surface area contributed by atoms with E-state index in [2.05, 4.69) is 5.32 Å². The van der Waals surface area contributed by atoms with E-state index in [1.165, 1.54) is 31.3 Å². The second kappa shape index (κ2) is 8.28. The van der Waals surface area contributed by atoms with Crippen LogP contribution in [0.3, 0.4) is 0 Å². The molecule has 0 aliphatic heterocycles. The summed E-state index contributed by atoms with van der Waals surface area (Å²) in [6.07, 6.45) is -4.76. The van der Waals surface area contributed by atoms with Gasteiger partial charge in [-0.1, -0.05) is 35.3 Å². The van der Waals surface area contributed by atoms with Crippen LogP contribution in [0.1, 0.15) is 17.2 Å². The molecule has 0 bridgehead atoms. The van der Waals surface area contributed by atoms with Crippen LogP contribution in [0.5, 0.6) is 0 Å². The molecule has 1 amide bonds. The van der Waals surface area contributed by atoms with Crippen molar-refractivity contribution in [2.24, 2.45) is 0 Å². The fraction of sp³-hybridized carbons (Fsp3) is 0.235. The minimum absolute atomic E-state index is 0.276. The lowest BCUT2D eigenvalue weighted by Gasteiger charge is -2.27. The SMILES string of the molecule is CNC(=O)[C@H](c1ccc(Cl)cc1)N(C)S(=O)(=O)c1cc(C(F)(F)F)ccc1Cl. The smallest absolute Gasteiger partial charge is 0.357 e. The molecule has 0 heterocycles. The monoisotopic (exact) mass is 454 g/mol. The molecule has 2 aromatic carbocycles. The van der Waals surface area contributed by atoms with E-state index in [0.29, 0.717) is 21.5 Å². The Bertz CT molecular complexity index is 980. The van der Waals surface area contributed by atoms with Crippen molar-refractivity contribution >= 4 is 39.1 Å². The molecule has 2 rings (SSSR count). The predicted molar refractivity (Wildman–Crippen MR) is 99.7 cm³/mol. The maximum absolute atomic E-state index is 13.0. The molecule has 0 saturated carbocycles. The van der Waals surface area contributed by atoms with Crippen LogP contribution in [-0.4, -0.2) is 32.7 Å². The van der Waals surface area contributed by atoms with E-state index in [1.807, 2.05) is 0 Å². The van der Waals surface area contributed by atoms with E-state index in [-0.39, 0.29) is 5.56 Å². The van der Waals surface area contributed by atoms with Crippen molar-refractivity contribution in [3.63, 3.8) is 0 Å². The van der Waals surface area contributed by atoms with Gasteiger partial charge in [0.15, 0.2) is 0 Å². The summed E-state index contributed by atoms with van der Waals surface area (Å²) in [5, 5.41) is 2.31. The molecule has 1 atom stereocenters. The molecule has 1 N–H and O–H groups in total. The summed E-state index contributed by atoms with van der Waals surface area (Å²) >= 11 is 11.7. The van der Waals surface area contributed by atoms with Crippen molar-refractivity contribution in [2.45, 2.75) is 17.1 Å². The van der Waals surface area contributed by atoms with Crippen LogP contribution in [-0.2, 0) is 21.0 Å². The van der Waals surface area contributed by atoms with Crippen molar-refractivity contribution < 1.29 is 26.4 Å². The maximum Gasteiger partial charge on any atom is 0.416 e. The Morgan fingerprint density at radius 2 is 1.68 bits per heavy atom. The van der Waals surface area contributed by atoms with Gasteiger partial charge in [-0.25, -0.2) is 8.42 Å². The first-order valence-corrected chi connectivity index (χ1v) is 9.91. The summed E-state index contributed by atoms with van der Waals surface area (Å²) < 4.78 is 65.7. The number of benzene rings is 2. The van der Waals surface area contributed by atoms with Gasteiger partial charge >= 0.3 is 6.18 Å². The second-order valence-corrected chi connectivity index (χ2v) is 8.54. The maximum atomic E-state index is 13.0. The molecule has 11 heteroatoms. The van der Waals surface area contributed by atoms with Crippen molar-refractivity contribution in [1.29, 1.82) is 0 Å². The number of nitrogens with one attached hydrogen (secondary N) is 1. The van der Waals surface area contributed by atoms with Crippen molar-refractivity contribution in [3.05, 3.63) is 63.6 Å². The minimum atomic E-state index is -4.76. The van der Waals surface area contributed by atoms with Crippen LogP contribution in [0.2, 0.25) is 10.0 Å². The number of carbonyl (C=O) groups is 1. The number of alkyl halides is 3. The number of nitrogens with zero attached hydrogens (tertiary/aromatic N) is 1. The van der Waals surface area contributed by atoms with Crippen LogP contribution >= 0.6 is 23.2 Å². The molecule has 152 valence electrons. The highest BCUT2D eigenvalue weighted by Crippen LogP contribution is 2.36. The van der Waals surface area contributed by atoms with Gasteiger partial charge in [-0.15, -0.1) is 0 Å². The third kappa shape index (κ3) is 4.60. The molecule has 0 unspecified atom stereocenters. The molecule has 0 fully saturated rings. The molecule has 28 heavy (non-hydrogen) atoms. The Morgan fingerprint density at radius 1 is 1.11 bits per heavy atom. The van der Waals surface area contributed by atoms with E-state index in [1.54, 1.807) is 0 Å². The van der Waals surface area contributed by atoms with E-state index in [9.17, 15) is 26.4 Å². The number of hydrogen-bond donors (Lipinski definition) is 1. The number of likely N-dealkylation sites (N-methyl/N-ethyl adjacent to an activating group) is 2. The van der Waals surface area contributed by atoms with Crippen molar-refractivity contribution in [2.75, 3.05) is 14.1 Å². The van der Waals surface area contributed by atoms with Gasteiger partial charge in [0.1, 0.15) is 10.9 Å². The van der Waals surface area contributed by atoms with Crippen LogP contribution in [0.4, 0.5) is 13.2 Å². The van der Waals surface area contributed by atoms with Gasteiger partial charge in [0.05, 0.1) is 10.6 Å². The molecule has 0 aromatic heterocycles. The normalized spacial score (nSPS) is 13.4. The zero-order valence-electron chi connectivity index (χ0n) is 14.6. The first-order chi connectivity index (χ1) is 12.9. The second-order valence-electron chi connectivity index (χ2n) is 5.73. The zero-order valence-corrected chi connectivity index (χ0v) is 16.9. The Labute approximate surface area is 170 Å². The van der Waals surface area contributed by atoms with Crippen LogP contribution in [0, 0.1) is 0 Å². The molecular weight excluding hydrogens is 440 g/mol. The van der Waals surface area contributed by atoms with E-state index >= 15 is 0 Å². The van der Waals surface area contributed by atoms with Crippen LogP contribution in [0.15, 0.2) is 47.4 Å². The van der Waals surface area contributed by atoms with Gasteiger partial charge in [-0.3, -0.25) is 4.79 Å².